The molecule has 2 heterocycles. The minimum absolute atomic E-state index is 0.399. The van der Waals surface area contributed by atoms with Crippen molar-refractivity contribution in [3.05, 3.63) is 0 Å². The van der Waals surface area contributed by atoms with Gasteiger partial charge in [-0.05, 0) is 39.7 Å². The Morgan fingerprint density at radius 2 is 2.08 bits per heavy atom. The molecule has 0 aliphatic carbocycles. The molecular formula is C10H19NO. The van der Waals surface area contributed by atoms with Crippen LogP contribution in [0.3, 0.4) is 0 Å². The van der Waals surface area contributed by atoms with Crippen molar-refractivity contribution in [2.45, 2.75) is 51.4 Å². The fourth-order valence-corrected chi connectivity index (χ4v) is 2.54. The van der Waals surface area contributed by atoms with Crippen LogP contribution in [0.5, 0.6) is 0 Å². The zero-order valence-electron chi connectivity index (χ0n) is 8.12. The standard InChI is InChI=1S/C10H19NO/c1-8(2)12-10-5-7-11-6-3-4-9(10)11/h8-10H,3-7H2,1-2H3. The van der Waals surface area contributed by atoms with Crippen molar-refractivity contribution in [2.24, 2.45) is 0 Å². The Morgan fingerprint density at radius 1 is 1.25 bits per heavy atom. The van der Waals surface area contributed by atoms with Crippen molar-refractivity contribution in [2.75, 3.05) is 13.1 Å². The quantitative estimate of drug-likeness (QED) is 0.623. The van der Waals surface area contributed by atoms with Crippen LogP contribution < -0.4 is 0 Å². The van der Waals surface area contributed by atoms with Crippen LogP contribution in [-0.4, -0.2) is 36.2 Å². The lowest BCUT2D eigenvalue weighted by Gasteiger charge is -2.22. The fourth-order valence-electron chi connectivity index (χ4n) is 2.54. The van der Waals surface area contributed by atoms with Crippen LogP contribution in [0.25, 0.3) is 0 Å². The molecule has 2 saturated heterocycles. The Balaban J connectivity index is 1.91. The Kier molecular flexibility index (Phi) is 2.37. The van der Waals surface area contributed by atoms with E-state index in [-0.39, 0.29) is 0 Å². The molecule has 0 radical (unpaired) electrons. The van der Waals surface area contributed by atoms with Crippen molar-refractivity contribution in [1.29, 1.82) is 0 Å². The van der Waals surface area contributed by atoms with E-state index >= 15 is 0 Å². The molecule has 0 aromatic carbocycles. The molecule has 2 rings (SSSR count). The van der Waals surface area contributed by atoms with E-state index < -0.39 is 0 Å². The Labute approximate surface area is 74.9 Å². The molecule has 70 valence electrons. The van der Waals surface area contributed by atoms with E-state index in [9.17, 15) is 0 Å². The molecule has 0 aromatic rings. The Hall–Kier alpha value is -0.0800. The summed E-state index contributed by atoms with van der Waals surface area (Å²) in [6, 6.07) is 0.757. The smallest absolute Gasteiger partial charge is 0.0745 e. The number of hydrogen-bond acceptors (Lipinski definition) is 2. The highest BCUT2D eigenvalue weighted by Gasteiger charge is 2.37. The minimum atomic E-state index is 0.399. The summed E-state index contributed by atoms with van der Waals surface area (Å²) in [6.45, 7) is 6.85. The van der Waals surface area contributed by atoms with E-state index in [1.807, 2.05) is 0 Å². The van der Waals surface area contributed by atoms with Crippen LogP contribution in [0.1, 0.15) is 33.1 Å². The first-order valence-electron chi connectivity index (χ1n) is 5.17. The van der Waals surface area contributed by atoms with Gasteiger partial charge >= 0.3 is 0 Å². The molecule has 2 aliphatic rings. The summed E-state index contributed by atoms with van der Waals surface area (Å²) in [5, 5.41) is 0. The maximum Gasteiger partial charge on any atom is 0.0745 e. The van der Waals surface area contributed by atoms with Gasteiger partial charge in [0.05, 0.1) is 12.2 Å². The van der Waals surface area contributed by atoms with Crippen molar-refractivity contribution in [3.8, 4) is 0 Å². The van der Waals surface area contributed by atoms with Crippen molar-refractivity contribution in [3.63, 3.8) is 0 Å². The van der Waals surface area contributed by atoms with E-state index in [1.165, 1.54) is 32.4 Å². The zero-order chi connectivity index (χ0) is 8.55. The number of ether oxygens (including phenoxy) is 1. The molecule has 0 spiro atoms. The predicted molar refractivity (Wildman–Crippen MR) is 49.2 cm³/mol. The van der Waals surface area contributed by atoms with E-state index in [1.54, 1.807) is 0 Å². The van der Waals surface area contributed by atoms with Crippen LogP contribution in [0.2, 0.25) is 0 Å². The minimum Gasteiger partial charge on any atom is -0.374 e. The average molecular weight is 169 g/mol. The van der Waals surface area contributed by atoms with Gasteiger partial charge in [0.25, 0.3) is 0 Å². The van der Waals surface area contributed by atoms with Gasteiger partial charge in [0, 0.05) is 12.6 Å². The van der Waals surface area contributed by atoms with Gasteiger partial charge in [-0.25, -0.2) is 0 Å². The molecule has 0 saturated carbocycles. The van der Waals surface area contributed by atoms with Gasteiger partial charge in [-0.2, -0.15) is 0 Å². The number of rotatable bonds is 2. The van der Waals surface area contributed by atoms with Gasteiger partial charge in [-0.15, -0.1) is 0 Å². The third-order valence-corrected chi connectivity index (χ3v) is 2.99. The number of fused-ring (bicyclic) bond motifs is 1. The van der Waals surface area contributed by atoms with Crippen LogP contribution >= 0.6 is 0 Å². The summed E-state index contributed by atoms with van der Waals surface area (Å²) in [4.78, 5) is 2.59. The second kappa shape index (κ2) is 3.35. The van der Waals surface area contributed by atoms with Crippen LogP contribution in [0.4, 0.5) is 0 Å². The first kappa shape index (κ1) is 8.52. The molecule has 2 unspecified atom stereocenters. The highest BCUT2D eigenvalue weighted by atomic mass is 16.5. The van der Waals surface area contributed by atoms with Gasteiger partial charge in [0.15, 0.2) is 0 Å². The van der Waals surface area contributed by atoms with Gasteiger partial charge in [0.2, 0.25) is 0 Å². The molecule has 2 fully saturated rings. The lowest BCUT2D eigenvalue weighted by Crippen LogP contribution is -2.32. The lowest BCUT2D eigenvalue weighted by atomic mass is 10.1. The third kappa shape index (κ3) is 1.50. The van der Waals surface area contributed by atoms with Crippen molar-refractivity contribution >= 4 is 0 Å². The van der Waals surface area contributed by atoms with Gasteiger partial charge < -0.3 is 4.74 Å². The highest BCUT2D eigenvalue weighted by molar-refractivity contribution is 4.92. The number of hydrogen-bond donors (Lipinski definition) is 0. The fraction of sp³-hybridized carbons (Fsp3) is 1.00. The number of nitrogens with zero attached hydrogens (tertiary/aromatic N) is 1. The first-order valence-corrected chi connectivity index (χ1v) is 5.17. The molecular weight excluding hydrogens is 150 g/mol. The van der Waals surface area contributed by atoms with Crippen molar-refractivity contribution in [1.82, 2.24) is 4.90 Å². The Morgan fingerprint density at radius 3 is 2.83 bits per heavy atom. The Bertz CT molecular complexity index is 158. The summed E-state index contributed by atoms with van der Waals surface area (Å²) < 4.78 is 5.88. The van der Waals surface area contributed by atoms with Gasteiger partial charge in [0.1, 0.15) is 0 Å². The molecule has 12 heavy (non-hydrogen) atoms. The molecule has 0 bridgehead atoms. The van der Waals surface area contributed by atoms with Crippen molar-refractivity contribution < 1.29 is 4.74 Å². The molecule has 2 aliphatic heterocycles. The van der Waals surface area contributed by atoms with Crippen LogP contribution in [-0.2, 0) is 4.74 Å². The average Bonchev–Trinajstić information content (AvgIpc) is 2.52. The van der Waals surface area contributed by atoms with E-state index in [0.29, 0.717) is 12.2 Å². The second-order valence-corrected chi connectivity index (χ2v) is 4.26. The molecule has 2 heteroatoms. The maximum atomic E-state index is 5.88. The molecule has 0 N–H and O–H groups in total. The third-order valence-electron chi connectivity index (χ3n) is 2.99. The summed E-state index contributed by atoms with van der Waals surface area (Å²) in [6.07, 6.45) is 4.92. The van der Waals surface area contributed by atoms with E-state index in [0.717, 1.165) is 6.04 Å². The zero-order valence-corrected chi connectivity index (χ0v) is 8.12. The maximum absolute atomic E-state index is 5.88. The second-order valence-electron chi connectivity index (χ2n) is 4.26. The highest BCUT2D eigenvalue weighted by Crippen LogP contribution is 2.30. The summed E-state index contributed by atoms with van der Waals surface area (Å²) in [7, 11) is 0. The normalized spacial score (nSPS) is 36.2. The van der Waals surface area contributed by atoms with Gasteiger partial charge in [-0.3, -0.25) is 4.90 Å². The molecule has 0 aromatic heterocycles. The topological polar surface area (TPSA) is 12.5 Å². The first-order chi connectivity index (χ1) is 5.77. The summed E-state index contributed by atoms with van der Waals surface area (Å²) in [5.41, 5.74) is 0. The van der Waals surface area contributed by atoms with Crippen LogP contribution in [0, 0.1) is 0 Å². The monoisotopic (exact) mass is 169 g/mol. The lowest BCUT2D eigenvalue weighted by molar-refractivity contribution is -0.00588. The van der Waals surface area contributed by atoms with E-state index in [4.69, 9.17) is 4.74 Å². The molecule has 0 amide bonds. The molecule has 2 atom stereocenters. The SMILES string of the molecule is CC(C)OC1CCN2CCCC12. The summed E-state index contributed by atoms with van der Waals surface area (Å²) >= 11 is 0. The largest absolute Gasteiger partial charge is 0.374 e. The molecule has 2 nitrogen and oxygen atoms in total. The predicted octanol–water partition coefficient (Wildman–Crippen LogP) is 1.65. The van der Waals surface area contributed by atoms with Gasteiger partial charge in [-0.1, -0.05) is 0 Å². The summed E-state index contributed by atoms with van der Waals surface area (Å²) in [5.74, 6) is 0. The van der Waals surface area contributed by atoms with Crippen LogP contribution in [0.15, 0.2) is 0 Å². The van der Waals surface area contributed by atoms with E-state index in [2.05, 4.69) is 18.7 Å².